The molecule has 0 unspecified atom stereocenters. The molecule has 4 rings (SSSR count). The van der Waals surface area contributed by atoms with Crippen molar-refractivity contribution in [2.75, 3.05) is 13.2 Å². The molecule has 0 bridgehead atoms. The quantitative estimate of drug-likeness (QED) is 0.684. The summed E-state index contributed by atoms with van der Waals surface area (Å²) in [6, 6.07) is 14.2. The summed E-state index contributed by atoms with van der Waals surface area (Å²) in [4.78, 5) is 5.31. The first-order valence-electron chi connectivity index (χ1n) is 8.50. The number of hydrogen-bond donors (Lipinski definition) is 3. The molecule has 1 aliphatic rings. The van der Waals surface area contributed by atoms with Crippen molar-refractivity contribution in [2.45, 2.75) is 24.6 Å². The van der Waals surface area contributed by atoms with Gasteiger partial charge < -0.3 is 15.2 Å². The Morgan fingerprint density at radius 1 is 1.12 bits per heavy atom. The van der Waals surface area contributed by atoms with Gasteiger partial charge in [-0.25, -0.2) is 4.39 Å². The van der Waals surface area contributed by atoms with Crippen LogP contribution in [0.4, 0.5) is 4.39 Å². The van der Waals surface area contributed by atoms with Gasteiger partial charge in [0.2, 0.25) is 0 Å². The summed E-state index contributed by atoms with van der Waals surface area (Å²) < 4.78 is 13.2. The Morgan fingerprint density at radius 2 is 1.92 bits per heavy atom. The monoisotopic (exact) mass is 340 g/mol. The van der Waals surface area contributed by atoms with E-state index < -0.39 is 6.10 Å². The van der Waals surface area contributed by atoms with E-state index in [4.69, 9.17) is 0 Å². The zero-order valence-corrected chi connectivity index (χ0v) is 13.8. The molecule has 1 aliphatic heterocycles. The van der Waals surface area contributed by atoms with Gasteiger partial charge in [0.05, 0.1) is 18.8 Å². The molecule has 25 heavy (non-hydrogen) atoms. The van der Waals surface area contributed by atoms with Crippen molar-refractivity contribution in [1.82, 2.24) is 9.88 Å². The molecule has 0 aliphatic carbocycles. The lowest BCUT2D eigenvalue weighted by atomic mass is 9.94. The Labute approximate surface area is 145 Å². The normalized spacial score (nSPS) is 24.2. The van der Waals surface area contributed by atoms with E-state index in [1.54, 1.807) is 12.1 Å². The molecule has 3 atom stereocenters. The number of hydrogen-bond acceptors (Lipinski definition) is 3. The van der Waals surface area contributed by atoms with Crippen molar-refractivity contribution in [3.63, 3.8) is 0 Å². The van der Waals surface area contributed by atoms with Crippen molar-refractivity contribution < 1.29 is 14.6 Å². The molecule has 4 nitrogen and oxygen atoms in total. The number of aromatic nitrogens is 1. The molecule has 130 valence electrons. The van der Waals surface area contributed by atoms with Crippen molar-refractivity contribution >= 4 is 10.9 Å². The number of aliphatic hydroxyl groups excluding tert-OH is 2. The van der Waals surface area contributed by atoms with Gasteiger partial charge in [-0.2, -0.15) is 0 Å². The Morgan fingerprint density at radius 3 is 2.68 bits per heavy atom. The summed E-state index contributed by atoms with van der Waals surface area (Å²) in [5.74, 6) is -0.418. The molecule has 1 aromatic heterocycles. The number of likely N-dealkylation sites (tertiary alicyclic amines) is 1. The SMILES string of the molecule is OC[C@@H]1[C@H](O)[C@@H](c2ccc(F)cc2)CN1Cc1ccc2cc[nH]c2c1. The van der Waals surface area contributed by atoms with Crippen molar-refractivity contribution in [3.8, 4) is 0 Å². The molecule has 0 spiro atoms. The number of nitrogens with one attached hydrogen (secondary N) is 1. The summed E-state index contributed by atoms with van der Waals surface area (Å²) in [6.07, 6.45) is 1.24. The highest BCUT2D eigenvalue weighted by atomic mass is 19.1. The first-order valence-corrected chi connectivity index (χ1v) is 8.50. The van der Waals surface area contributed by atoms with Crippen LogP contribution in [0.1, 0.15) is 17.0 Å². The zero-order chi connectivity index (χ0) is 17.4. The number of rotatable bonds is 4. The topological polar surface area (TPSA) is 59.5 Å². The van der Waals surface area contributed by atoms with E-state index in [9.17, 15) is 14.6 Å². The average molecular weight is 340 g/mol. The van der Waals surface area contributed by atoms with Crippen molar-refractivity contribution in [2.24, 2.45) is 0 Å². The maximum absolute atomic E-state index is 13.2. The fraction of sp³-hybridized carbons (Fsp3) is 0.300. The fourth-order valence-corrected chi connectivity index (χ4v) is 3.83. The van der Waals surface area contributed by atoms with E-state index in [0.717, 1.165) is 22.0 Å². The standard InChI is InChI=1S/C20H21FN2O2/c21-16-5-3-14(4-6-16)17-11-23(19(12-24)20(17)25)10-13-1-2-15-7-8-22-18(15)9-13/h1-9,17,19-20,22,24-25H,10-12H2/t17-,19-,20-/m1/s1. The molecular weight excluding hydrogens is 319 g/mol. The van der Waals surface area contributed by atoms with Gasteiger partial charge in [0.1, 0.15) is 5.82 Å². The Balaban J connectivity index is 1.56. The third-order valence-electron chi connectivity index (χ3n) is 5.20. The second-order valence-corrected chi connectivity index (χ2v) is 6.73. The van der Waals surface area contributed by atoms with Crippen LogP contribution < -0.4 is 0 Å². The first kappa shape index (κ1) is 16.3. The van der Waals surface area contributed by atoms with Gasteiger partial charge >= 0.3 is 0 Å². The molecule has 2 aromatic carbocycles. The van der Waals surface area contributed by atoms with Gasteiger partial charge in [-0.15, -0.1) is 0 Å². The van der Waals surface area contributed by atoms with Crippen LogP contribution in [-0.2, 0) is 6.54 Å². The highest BCUT2D eigenvalue weighted by Gasteiger charge is 2.40. The fourth-order valence-electron chi connectivity index (χ4n) is 3.83. The van der Waals surface area contributed by atoms with E-state index >= 15 is 0 Å². The van der Waals surface area contributed by atoms with Crippen LogP contribution in [0, 0.1) is 5.82 Å². The molecule has 5 heteroatoms. The minimum atomic E-state index is -0.676. The molecule has 3 N–H and O–H groups in total. The van der Waals surface area contributed by atoms with E-state index in [0.29, 0.717) is 13.1 Å². The second-order valence-electron chi connectivity index (χ2n) is 6.73. The van der Waals surface area contributed by atoms with Gasteiger partial charge in [0, 0.05) is 30.7 Å². The van der Waals surface area contributed by atoms with Gasteiger partial charge in [-0.1, -0.05) is 24.3 Å². The Bertz CT molecular complexity index is 862. The summed E-state index contributed by atoms with van der Waals surface area (Å²) in [5.41, 5.74) is 3.10. The molecule has 3 aromatic rings. The predicted molar refractivity (Wildman–Crippen MR) is 94.7 cm³/mol. The van der Waals surface area contributed by atoms with Gasteiger partial charge in [-0.3, -0.25) is 4.90 Å². The van der Waals surface area contributed by atoms with E-state index in [1.807, 2.05) is 12.3 Å². The van der Waals surface area contributed by atoms with E-state index in [2.05, 4.69) is 28.1 Å². The Kier molecular flexibility index (Phi) is 4.29. The largest absolute Gasteiger partial charge is 0.395 e. The third-order valence-corrected chi connectivity index (χ3v) is 5.20. The van der Waals surface area contributed by atoms with Crippen LogP contribution in [-0.4, -0.2) is 45.4 Å². The predicted octanol–water partition coefficient (Wildman–Crippen LogP) is 2.63. The van der Waals surface area contributed by atoms with Gasteiger partial charge in [0.25, 0.3) is 0 Å². The summed E-state index contributed by atoms with van der Waals surface area (Å²) >= 11 is 0. The maximum atomic E-state index is 13.2. The van der Waals surface area contributed by atoms with Crippen LogP contribution in [0.25, 0.3) is 10.9 Å². The number of halogens is 1. The van der Waals surface area contributed by atoms with Crippen LogP contribution >= 0.6 is 0 Å². The molecular formula is C20H21FN2O2. The number of aliphatic hydroxyl groups is 2. The molecule has 2 heterocycles. The van der Waals surface area contributed by atoms with Crippen molar-refractivity contribution in [3.05, 3.63) is 71.7 Å². The van der Waals surface area contributed by atoms with Crippen LogP contribution in [0.15, 0.2) is 54.7 Å². The first-order chi connectivity index (χ1) is 12.2. The number of fused-ring (bicyclic) bond motifs is 1. The van der Waals surface area contributed by atoms with Gasteiger partial charge in [0.15, 0.2) is 0 Å². The van der Waals surface area contributed by atoms with Crippen LogP contribution in [0.2, 0.25) is 0 Å². The molecule has 0 radical (unpaired) electrons. The lowest BCUT2D eigenvalue weighted by Crippen LogP contribution is -2.38. The van der Waals surface area contributed by atoms with E-state index in [1.165, 1.54) is 12.1 Å². The smallest absolute Gasteiger partial charge is 0.123 e. The highest BCUT2D eigenvalue weighted by Crippen LogP contribution is 2.33. The minimum absolute atomic E-state index is 0.108. The third kappa shape index (κ3) is 3.06. The van der Waals surface area contributed by atoms with Crippen LogP contribution in [0.5, 0.6) is 0 Å². The number of aromatic amines is 1. The Hall–Kier alpha value is -2.21. The van der Waals surface area contributed by atoms with Gasteiger partial charge in [-0.05, 0) is 40.8 Å². The average Bonchev–Trinajstić information content (AvgIpc) is 3.20. The lowest BCUT2D eigenvalue weighted by Gasteiger charge is -2.24. The molecule has 1 saturated heterocycles. The molecule has 0 saturated carbocycles. The number of H-pyrrole nitrogens is 1. The lowest BCUT2D eigenvalue weighted by molar-refractivity contribution is 0.0641. The highest BCUT2D eigenvalue weighted by molar-refractivity contribution is 5.79. The van der Waals surface area contributed by atoms with Crippen molar-refractivity contribution in [1.29, 1.82) is 0 Å². The zero-order valence-electron chi connectivity index (χ0n) is 13.8. The van der Waals surface area contributed by atoms with Crippen LogP contribution in [0.3, 0.4) is 0 Å². The number of benzene rings is 2. The summed E-state index contributed by atoms with van der Waals surface area (Å²) in [7, 11) is 0. The van der Waals surface area contributed by atoms with E-state index in [-0.39, 0.29) is 24.4 Å². The maximum Gasteiger partial charge on any atom is 0.123 e. The summed E-state index contributed by atoms with van der Waals surface area (Å²) in [5, 5.41) is 21.6. The second kappa shape index (κ2) is 6.59. The molecule has 1 fully saturated rings. The minimum Gasteiger partial charge on any atom is -0.395 e. The summed E-state index contributed by atoms with van der Waals surface area (Å²) in [6.45, 7) is 1.17. The molecule has 0 amide bonds. The number of nitrogens with zero attached hydrogens (tertiary/aromatic N) is 1.